The minimum Gasteiger partial charge on any atom is -0.338 e. The van der Waals surface area contributed by atoms with E-state index >= 15 is 0 Å². The van der Waals surface area contributed by atoms with Crippen LogP contribution < -0.4 is 5.32 Å². The number of carbonyl (C=O) groups excluding carboxylic acids is 1. The van der Waals surface area contributed by atoms with E-state index in [9.17, 15) is 4.79 Å². The number of amides is 1. The van der Waals surface area contributed by atoms with Gasteiger partial charge in [0.25, 0.3) is 5.91 Å². The number of carbonyl (C=O) groups is 1. The molecule has 0 bridgehead atoms. The van der Waals surface area contributed by atoms with Gasteiger partial charge in [-0.3, -0.25) is 9.78 Å². The Balaban J connectivity index is 1.57. The molecular formula is C20H15ClN4O. The molecule has 0 spiro atoms. The molecule has 2 aromatic heterocycles. The number of hydrogen-bond acceptors (Lipinski definition) is 3. The van der Waals surface area contributed by atoms with E-state index < -0.39 is 0 Å². The average molecular weight is 363 g/mol. The normalized spacial score (nSPS) is 10.8. The third kappa shape index (κ3) is 3.17. The zero-order valence-corrected chi connectivity index (χ0v) is 14.7. The Labute approximate surface area is 155 Å². The van der Waals surface area contributed by atoms with E-state index in [0.29, 0.717) is 16.3 Å². The summed E-state index contributed by atoms with van der Waals surface area (Å²) in [5.41, 5.74) is 4.91. The number of rotatable bonds is 3. The Kier molecular flexibility index (Phi) is 4.14. The molecule has 4 aromatic rings. The molecule has 0 saturated heterocycles. The standard InChI is InChI=1S/C20H15ClN4O/c1-12-9-17-18(10-16(12)21)25-19(24-17)13-4-6-15(7-5-13)23-20(26)14-3-2-8-22-11-14/h2-11H,1H3,(H,23,26)(H,24,25). The van der Waals surface area contributed by atoms with Gasteiger partial charge < -0.3 is 10.3 Å². The Morgan fingerprint density at radius 2 is 1.96 bits per heavy atom. The molecule has 0 radical (unpaired) electrons. The molecule has 1 amide bonds. The van der Waals surface area contributed by atoms with Gasteiger partial charge >= 0.3 is 0 Å². The first-order valence-electron chi connectivity index (χ1n) is 8.08. The topological polar surface area (TPSA) is 70.7 Å². The predicted molar refractivity (Wildman–Crippen MR) is 103 cm³/mol. The van der Waals surface area contributed by atoms with E-state index in [1.165, 1.54) is 6.20 Å². The van der Waals surface area contributed by atoms with Crippen LogP contribution in [0.5, 0.6) is 0 Å². The van der Waals surface area contributed by atoms with Crippen molar-refractivity contribution in [2.24, 2.45) is 0 Å². The summed E-state index contributed by atoms with van der Waals surface area (Å²) in [5, 5.41) is 3.55. The number of hydrogen-bond donors (Lipinski definition) is 2. The number of imidazole rings is 1. The zero-order chi connectivity index (χ0) is 18.1. The van der Waals surface area contributed by atoms with Gasteiger partial charge in [0.15, 0.2) is 0 Å². The number of anilines is 1. The summed E-state index contributed by atoms with van der Waals surface area (Å²) in [4.78, 5) is 24.0. The van der Waals surface area contributed by atoms with Crippen molar-refractivity contribution in [1.82, 2.24) is 15.0 Å². The number of pyridine rings is 1. The minimum absolute atomic E-state index is 0.195. The smallest absolute Gasteiger partial charge is 0.257 e. The van der Waals surface area contributed by atoms with Crippen LogP contribution in [0.3, 0.4) is 0 Å². The second-order valence-corrected chi connectivity index (χ2v) is 6.38. The van der Waals surface area contributed by atoms with Crippen LogP contribution >= 0.6 is 11.6 Å². The van der Waals surface area contributed by atoms with Gasteiger partial charge in [-0.2, -0.15) is 0 Å². The maximum atomic E-state index is 12.2. The Hall–Kier alpha value is -3.18. The lowest BCUT2D eigenvalue weighted by molar-refractivity contribution is 0.102. The van der Waals surface area contributed by atoms with Crippen molar-refractivity contribution in [3.8, 4) is 11.4 Å². The summed E-state index contributed by atoms with van der Waals surface area (Å²) in [6.45, 7) is 1.96. The van der Waals surface area contributed by atoms with Gasteiger partial charge in [0.1, 0.15) is 5.82 Å². The van der Waals surface area contributed by atoms with Crippen LogP contribution in [0.25, 0.3) is 22.4 Å². The third-order valence-corrected chi connectivity index (χ3v) is 4.51. The van der Waals surface area contributed by atoms with Gasteiger partial charge in [-0.15, -0.1) is 0 Å². The third-order valence-electron chi connectivity index (χ3n) is 4.10. The van der Waals surface area contributed by atoms with Crippen molar-refractivity contribution >= 4 is 34.2 Å². The average Bonchev–Trinajstić information content (AvgIpc) is 3.06. The monoisotopic (exact) mass is 362 g/mol. The van der Waals surface area contributed by atoms with Crippen molar-refractivity contribution in [2.75, 3.05) is 5.32 Å². The van der Waals surface area contributed by atoms with Gasteiger partial charge in [0.05, 0.1) is 16.6 Å². The molecule has 0 atom stereocenters. The quantitative estimate of drug-likeness (QED) is 0.548. The molecular weight excluding hydrogens is 348 g/mol. The van der Waals surface area contributed by atoms with Crippen molar-refractivity contribution in [2.45, 2.75) is 6.92 Å². The molecule has 4 rings (SSSR count). The number of nitrogens with one attached hydrogen (secondary N) is 2. The summed E-state index contributed by atoms with van der Waals surface area (Å²) in [6.07, 6.45) is 3.17. The van der Waals surface area contributed by atoms with Crippen LogP contribution in [0.15, 0.2) is 60.9 Å². The lowest BCUT2D eigenvalue weighted by Crippen LogP contribution is -2.11. The fourth-order valence-electron chi connectivity index (χ4n) is 2.69. The molecule has 128 valence electrons. The zero-order valence-electron chi connectivity index (χ0n) is 14.0. The van der Waals surface area contributed by atoms with Crippen LogP contribution in [-0.2, 0) is 0 Å². The maximum Gasteiger partial charge on any atom is 0.257 e. The highest BCUT2D eigenvalue weighted by molar-refractivity contribution is 6.32. The molecule has 6 heteroatoms. The molecule has 2 heterocycles. The molecule has 0 fully saturated rings. The second kappa shape index (κ2) is 6.61. The molecule has 0 aliphatic heterocycles. The summed E-state index contributed by atoms with van der Waals surface area (Å²) < 4.78 is 0. The number of aryl methyl sites for hydroxylation is 1. The van der Waals surface area contributed by atoms with Crippen molar-refractivity contribution in [3.05, 3.63) is 77.1 Å². The molecule has 0 unspecified atom stereocenters. The summed E-state index contributed by atoms with van der Waals surface area (Å²) in [6, 6.07) is 14.8. The SMILES string of the molecule is Cc1cc2[nH]c(-c3ccc(NC(=O)c4cccnc4)cc3)nc2cc1Cl. The van der Waals surface area contributed by atoms with E-state index in [0.717, 1.165) is 28.0 Å². The summed E-state index contributed by atoms with van der Waals surface area (Å²) >= 11 is 6.16. The fraction of sp³-hybridized carbons (Fsp3) is 0.0500. The van der Waals surface area contributed by atoms with Gasteiger partial charge in [-0.05, 0) is 61.0 Å². The number of nitrogens with zero attached hydrogens (tertiary/aromatic N) is 2. The van der Waals surface area contributed by atoms with Crippen LogP contribution in [-0.4, -0.2) is 20.9 Å². The number of benzene rings is 2. The highest BCUT2D eigenvalue weighted by atomic mass is 35.5. The first-order valence-corrected chi connectivity index (χ1v) is 8.45. The molecule has 2 N–H and O–H groups in total. The second-order valence-electron chi connectivity index (χ2n) is 5.98. The molecule has 0 saturated carbocycles. The van der Waals surface area contributed by atoms with Gasteiger partial charge in [0, 0.05) is 28.7 Å². The van der Waals surface area contributed by atoms with E-state index in [1.807, 2.05) is 43.3 Å². The fourth-order valence-corrected chi connectivity index (χ4v) is 2.85. The number of fused-ring (bicyclic) bond motifs is 1. The van der Waals surface area contributed by atoms with Crippen LogP contribution in [0.2, 0.25) is 5.02 Å². The van der Waals surface area contributed by atoms with Gasteiger partial charge in [-0.25, -0.2) is 4.98 Å². The molecule has 5 nitrogen and oxygen atoms in total. The lowest BCUT2D eigenvalue weighted by Gasteiger charge is -2.05. The van der Waals surface area contributed by atoms with Gasteiger partial charge in [-0.1, -0.05) is 11.6 Å². The summed E-state index contributed by atoms with van der Waals surface area (Å²) in [5.74, 6) is 0.562. The van der Waals surface area contributed by atoms with Crippen molar-refractivity contribution < 1.29 is 4.79 Å². The van der Waals surface area contributed by atoms with E-state index in [1.54, 1.807) is 18.3 Å². The highest BCUT2D eigenvalue weighted by Gasteiger charge is 2.09. The first-order chi connectivity index (χ1) is 12.6. The predicted octanol–water partition coefficient (Wildman–Crippen LogP) is 4.84. The number of H-pyrrole nitrogens is 1. The van der Waals surface area contributed by atoms with Gasteiger partial charge in [0.2, 0.25) is 0 Å². The minimum atomic E-state index is -0.195. The highest BCUT2D eigenvalue weighted by Crippen LogP contribution is 2.26. The maximum absolute atomic E-state index is 12.2. The van der Waals surface area contributed by atoms with Crippen LogP contribution in [0.4, 0.5) is 5.69 Å². The lowest BCUT2D eigenvalue weighted by atomic mass is 10.2. The molecule has 0 aliphatic rings. The van der Waals surface area contributed by atoms with E-state index in [4.69, 9.17) is 11.6 Å². The first kappa shape index (κ1) is 16.3. The number of aromatic nitrogens is 3. The van der Waals surface area contributed by atoms with Crippen molar-refractivity contribution in [1.29, 1.82) is 0 Å². The van der Waals surface area contributed by atoms with Crippen LogP contribution in [0.1, 0.15) is 15.9 Å². The number of halogens is 1. The van der Waals surface area contributed by atoms with E-state index in [2.05, 4.69) is 20.3 Å². The Morgan fingerprint density at radius 3 is 2.69 bits per heavy atom. The largest absolute Gasteiger partial charge is 0.338 e. The Morgan fingerprint density at radius 1 is 1.15 bits per heavy atom. The van der Waals surface area contributed by atoms with Crippen molar-refractivity contribution in [3.63, 3.8) is 0 Å². The van der Waals surface area contributed by atoms with E-state index in [-0.39, 0.29) is 5.91 Å². The van der Waals surface area contributed by atoms with Crippen LogP contribution in [0, 0.1) is 6.92 Å². The molecule has 2 aromatic carbocycles. The molecule has 0 aliphatic carbocycles. The Bertz CT molecular complexity index is 1050. The molecule has 26 heavy (non-hydrogen) atoms. The number of aromatic amines is 1. The summed E-state index contributed by atoms with van der Waals surface area (Å²) in [7, 11) is 0.